The number of nitrogens with zero attached hydrogens (tertiary/aromatic N) is 3. The van der Waals surface area contributed by atoms with Crippen molar-refractivity contribution in [2.75, 3.05) is 40.4 Å². The number of unbranched alkanes of at least 4 members (excludes halogenated alkanes) is 1. The number of likely N-dealkylation sites (tertiary alicyclic amines) is 1. The summed E-state index contributed by atoms with van der Waals surface area (Å²) >= 11 is 0. The van der Waals surface area contributed by atoms with Crippen LogP contribution < -0.4 is 20.5 Å². The maximum Gasteiger partial charge on any atom is 0.257 e. The van der Waals surface area contributed by atoms with Crippen molar-refractivity contribution < 1.29 is 14.3 Å². The van der Waals surface area contributed by atoms with E-state index in [1.807, 2.05) is 25.1 Å². The number of ether oxygens (including phenoxy) is 2. The molecule has 8 heteroatoms. The van der Waals surface area contributed by atoms with E-state index in [-0.39, 0.29) is 17.9 Å². The normalized spacial score (nSPS) is 19.7. The van der Waals surface area contributed by atoms with Gasteiger partial charge in [0.1, 0.15) is 0 Å². The number of nitrogens with one attached hydrogen (secondary N) is 1. The van der Waals surface area contributed by atoms with Crippen LogP contribution in [0.2, 0.25) is 0 Å². The lowest BCUT2D eigenvalue weighted by Gasteiger charge is -2.39. The van der Waals surface area contributed by atoms with E-state index in [0.29, 0.717) is 30.4 Å². The number of guanidine groups is 1. The van der Waals surface area contributed by atoms with Gasteiger partial charge in [-0.1, -0.05) is 25.5 Å². The minimum absolute atomic E-state index is 0.147. The number of methoxy groups -OCH3 is 1. The van der Waals surface area contributed by atoms with Crippen LogP contribution in [0.4, 0.5) is 0 Å². The molecule has 2 aliphatic heterocycles. The highest BCUT2D eigenvalue weighted by atomic mass is 16.5. The van der Waals surface area contributed by atoms with Gasteiger partial charge in [0.25, 0.3) is 5.91 Å². The van der Waals surface area contributed by atoms with Crippen LogP contribution in [-0.4, -0.2) is 68.9 Å². The second-order valence-electron chi connectivity index (χ2n) is 9.38. The maximum atomic E-state index is 12.6. The van der Waals surface area contributed by atoms with Crippen molar-refractivity contribution in [1.82, 2.24) is 10.2 Å². The number of hydrogen-bond donors (Lipinski definition) is 2. The van der Waals surface area contributed by atoms with Gasteiger partial charge in [-0.05, 0) is 63.2 Å². The number of benzene rings is 2. The number of likely N-dealkylation sites (N-methyl/N-ethyl adjacent to an activating group) is 1. The first-order valence-corrected chi connectivity index (χ1v) is 12.8. The zero-order chi connectivity index (χ0) is 25.7. The highest BCUT2D eigenvalue weighted by molar-refractivity contribution is 6.15. The molecule has 0 saturated carbocycles. The highest BCUT2D eigenvalue weighted by Gasteiger charge is 2.36. The molecule has 36 heavy (non-hydrogen) atoms. The van der Waals surface area contributed by atoms with Crippen molar-refractivity contribution in [2.24, 2.45) is 15.7 Å². The predicted molar refractivity (Wildman–Crippen MR) is 144 cm³/mol. The molecule has 2 aromatic carbocycles. The molecule has 1 amide bonds. The van der Waals surface area contributed by atoms with Crippen molar-refractivity contribution in [3.8, 4) is 11.5 Å². The van der Waals surface area contributed by atoms with Crippen molar-refractivity contribution in [3.63, 3.8) is 0 Å². The number of aliphatic imine (C=N–C) groups is 2. The predicted octanol–water partition coefficient (Wildman–Crippen LogP) is 3.58. The van der Waals surface area contributed by atoms with E-state index in [1.165, 1.54) is 5.56 Å². The van der Waals surface area contributed by atoms with Crippen LogP contribution in [0.5, 0.6) is 11.5 Å². The molecule has 2 aliphatic rings. The van der Waals surface area contributed by atoms with Crippen molar-refractivity contribution >= 4 is 17.6 Å². The molecular weight excluding hydrogens is 454 g/mol. The van der Waals surface area contributed by atoms with Gasteiger partial charge < -0.3 is 20.1 Å². The topological polar surface area (TPSA) is 102 Å². The molecule has 0 unspecified atom stereocenters. The third-order valence-electron chi connectivity index (χ3n) is 6.82. The quantitative estimate of drug-likeness (QED) is 0.334. The summed E-state index contributed by atoms with van der Waals surface area (Å²) in [5.74, 6) is 1.63. The first-order valence-electron chi connectivity index (χ1n) is 12.8. The fourth-order valence-corrected chi connectivity index (χ4v) is 4.91. The Morgan fingerprint density at radius 1 is 1.22 bits per heavy atom. The lowest BCUT2D eigenvalue weighted by molar-refractivity contribution is 0.0976. The largest absolute Gasteiger partial charge is 0.493 e. The minimum atomic E-state index is -0.274. The molecule has 2 aromatic rings. The third kappa shape index (κ3) is 5.54. The van der Waals surface area contributed by atoms with Crippen LogP contribution in [0, 0.1) is 0 Å². The Kier molecular flexibility index (Phi) is 8.25. The second kappa shape index (κ2) is 11.6. The number of carbonyl (C=O) groups is 1. The summed E-state index contributed by atoms with van der Waals surface area (Å²) in [4.78, 5) is 24.4. The van der Waals surface area contributed by atoms with Crippen molar-refractivity contribution in [1.29, 1.82) is 0 Å². The Balaban J connectivity index is 1.65. The van der Waals surface area contributed by atoms with Crippen LogP contribution in [0.1, 0.15) is 66.1 Å². The SMILES string of the molecule is CCCCN=C(N)NC(=O)c1ccc(C2=N[C@H]3CCN(C)C[C@H]3c3cc(OCC)c(OC)cc32)cc1. The van der Waals surface area contributed by atoms with Crippen molar-refractivity contribution in [2.45, 2.75) is 45.1 Å². The standard InChI is InChI=1S/C28H37N5O3/c1-5-7-13-30-28(29)32-27(34)19-10-8-18(9-11-19)26-21-16-24(35-4)25(36-6-2)15-20(21)22-17-33(3)14-12-23(22)31-26/h8-11,15-16,22-23H,5-7,12-14,17H2,1-4H3,(H3,29,30,32,34)/t22-,23-/m0/s1. The number of piperidine rings is 1. The average Bonchev–Trinajstić information content (AvgIpc) is 2.88. The summed E-state index contributed by atoms with van der Waals surface area (Å²) in [6.45, 7) is 7.20. The molecule has 0 bridgehead atoms. The molecule has 0 aromatic heterocycles. The van der Waals surface area contributed by atoms with Crippen molar-refractivity contribution in [3.05, 3.63) is 58.7 Å². The molecule has 2 atom stereocenters. The molecule has 192 valence electrons. The molecule has 0 spiro atoms. The molecule has 8 nitrogen and oxygen atoms in total. The molecule has 1 fully saturated rings. The Hall–Kier alpha value is -3.39. The molecule has 1 saturated heterocycles. The molecule has 2 heterocycles. The van der Waals surface area contributed by atoms with Crippen LogP contribution in [0.25, 0.3) is 0 Å². The van der Waals surface area contributed by atoms with Gasteiger partial charge >= 0.3 is 0 Å². The summed E-state index contributed by atoms with van der Waals surface area (Å²) < 4.78 is 11.6. The van der Waals surface area contributed by atoms with Crippen LogP contribution >= 0.6 is 0 Å². The Labute approximate surface area is 213 Å². The van der Waals surface area contributed by atoms with E-state index in [4.69, 9.17) is 20.2 Å². The summed E-state index contributed by atoms with van der Waals surface area (Å²) in [5.41, 5.74) is 10.5. The van der Waals surface area contributed by atoms with E-state index < -0.39 is 0 Å². The van der Waals surface area contributed by atoms with Gasteiger partial charge in [-0.25, -0.2) is 0 Å². The maximum absolute atomic E-state index is 12.6. The Bertz CT molecular complexity index is 1140. The minimum Gasteiger partial charge on any atom is -0.493 e. The number of hydrogen-bond acceptors (Lipinski definition) is 6. The van der Waals surface area contributed by atoms with E-state index in [2.05, 4.69) is 35.2 Å². The van der Waals surface area contributed by atoms with Gasteiger partial charge in [0.05, 0.1) is 25.5 Å². The fourth-order valence-electron chi connectivity index (χ4n) is 4.91. The first-order chi connectivity index (χ1) is 17.4. The molecular formula is C28H37N5O3. The van der Waals surface area contributed by atoms with Gasteiger partial charge in [-0.2, -0.15) is 0 Å². The van der Waals surface area contributed by atoms with E-state index in [1.54, 1.807) is 19.2 Å². The Morgan fingerprint density at radius 2 is 2.00 bits per heavy atom. The van der Waals surface area contributed by atoms with E-state index in [9.17, 15) is 4.79 Å². The molecule has 4 rings (SSSR count). The second-order valence-corrected chi connectivity index (χ2v) is 9.38. The Morgan fingerprint density at radius 3 is 2.69 bits per heavy atom. The van der Waals surface area contributed by atoms with Gasteiger partial charge in [-0.15, -0.1) is 0 Å². The highest BCUT2D eigenvalue weighted by Crippen LogP contribution is 2.42. The fraction of sp³-hybridized carbons (Fsp3) is 0.464. The monoisotopic (exact) mass is 491 g/mol. The number of carbonyl (C=O) groups excluding carboxylic acids is 1. The van der Waals surface area contributed by atoms with Crippen LogP contribution in [0.3, 0.4) is 0 Å². The van der Waals surface area contributed by atoms with Crippen LogP contribution in [0.15, 0.2) is 46.4 Å². The van der Waals surface area contributed by atoms with E-state index in [0.717, 1.165) is 54.9 Å². The number of amides is 1. The summed E-state index contributed by atoms with van der Waals surface area (Å²) in [6.07, 6.45) is 2.96. The smallest absolute Gasteiger partial charge is 0.257 e. The van der Waals surface area contributed by atoms with Gasteiger partial charge in [-0.3, -0.25) is 20.1 Å². The molecule has 3 N–H and O–H groups in total. The number of fused-ring (bicyclic) bond motifs is 3. The average molecular weight is 492 g/mol. The zero-order valence-electron chi connectivity index (χ0n) is 21.7. The lowest BCUT2D eigenvalue weighted by atomic mass is 9.79. The number of rotatable bonds is 8. The summed E-state index contributed by atoms with van der Waals surface area (Å²) in [6, 6.07) is 11.9. The lowest BCUT2D eigenvalue weighted by Crippen LogP contribution is -2.41. The first kappa shape index (κ1) is 25.7. The van der Waals surface area contributed by atoms with Crippen LogP contribution in [-0.2, 0) is 0 Å². The van der Waals surface area contributed by atoms with Gasteiger partial charge in [0.15, 0.2) is 17.5 Å². The zero-order valence-corrected chi connectivity index (χ0v) is 21.7. The summed E-state index contributed by atoms with van der Waals surface area (Å²) in [5, 5.41) is 2.67. The van der Waals surface area contributed by atoms with E-state index >= 15 is 0 Å². The molecule has 0 aliphatic carbocycles. The van der Waals surface area contributed by atoms with Gasteiger partial charge in [0, 0.05) is 35.7 Å². The summed E-state index contributed by atoms with van der Waals surface area (Å²) in [7, 11) is 3.82. The third-order valence-corrected chi connectivity index (χ3v) is 6.82. The number of nitrogens with two attached hydrogens (primary N) is 1. The molecule has 0 radical (unpaired) electrons. The van der Waals surface area contributed by atoms with Gasteiger partial charge in [0.2, 0.25) is 0 Å².